The Balaban J connectivity index is 1.13. The van der Waals surface area contributed by atoms with Crippen molar-refractivity contribution in [2.75, 3.05) is 31.6 Å². The average molecular weight is 607 g/mol. The molecule has 5 aromatic rings. The predicted octanol–water partition coefficient (Wildman–Crippen LogP) is 6.19. The molecule has 1 aliphatic heterocycles. The molecule has 0 bridgehead atoms. The van der Waals surface area contributed by atoms with E-state index in [1.807, 2.05) is 35.9 Å². The zero-order valence-electron chi connectivity index (χ0n) is 26.6. The van der Waals surface area contributed by atoms with E-state index in [1.54, 1.807) is 23.1 Å². The molecule has 1 saturated heterocycles. The molecule has 0 radical (unpaired) electrons. The molecule has 0 spiro atoms. The van der Waals surface area contributed by atoms with Crippen molar-refractivity contribution < 1.29 is 9.53 Å². The van der Waals surface area contributed by atoms with Crippen LogP contribution in [0.15, 0.2) is 78.0 Å². The maximum atomic E-state index is 13.1. The van der Waals surface area contributed by atoms with Gasteiger partial charge in [-0.15, -0.1) is 0 Å². The van der Waals surface area contributed by atoms with Crippen LogP contribution in [0.5, 0.6) is 5.75 Å². The van der Waals surface area contributed by atoms with Gasteiger partial charge in [-0.05, 0) is 72.8 Å². The topological polar surface area (TPSA) is 97.2 Å². The van der Waals surface area contributed by atoms with Crippen LogP contribution in [0.4, 0.5) is 5.69 Å². The Labute approximate surface area is 263 Å². The number of carbonyl (C=O) groups is 1. The lowest BCUT2D eigenvalue weighted by molar-refractivity contribution is 0.102. The van der Waals surface area contributed by atoms with Gasteiger partial charge in [0.2, 0.25) is 0 Å². The molecule has 0 saturated carbocycles. The Morgan fingerprint density at radius 3 is 2.56 bits per heavy atom. The summed E-state index contributed by atoms with van der Waals surface area (Å²) in [6.07, 6.45) is 8.66. The van der Waals surface area contributed by atoms with Gasteiger partial charge < -0.3 is 19.6 Å². The minimum Gasteiger partial charge on any atom is -0.492 e. The van der Waals surface area contributed by atoms with Gasteiger partial charge >= 0.3 is 0 Å². The number of benzene rings is 2. The second kappa shape index (κ2) is 12.8. The normalized spacial score (nSPS) is 14.1. The van der Waals surface area contributed by atoms with Crippen molar-refractivity contribution in [3.05, 3.63) is 100 Å². The molecule has 1 amide bonds. The SMILES string of the molecule is Cn1c(-c2cc(NC(=O)c3cnn(Cc4ccc(C(C)(C)C)cc4)c3)c[nH]c2=O)cc2cc(OCCN3CCCCC3)ccc21. The summed E-state index contributed by atoms with van der Waals surface area (Å²) < 4.78 is 9.82. The molecule has 9 heteroatoms. The van der Waals surface area contributed by atoms with Crippen LogP contribution in [-0.4, -0.2) is 56.4 Å². The summed E-state index contributed by atoms with van der Waals surface area (Å²) in [6.45, 7) is 11.0. The number of amides is 1. The largest absolute Gasteiger partial charge is 0.492 e. The number of hydrogen-bond acceptors (Lipinski definition) is 5. The average Bonchev–Trinajstić information content (AvgIpc) is 3.62. The van der Waals surface area contributed by atoms with Gasteiger partial charge in [0, 0.05) is 36.9 Å². The van der Waals surface area contributed by atoms with Crippen molar-refractivity contribution in [2.24, 2.45) is 7.05 Å². The van der Waals surface area contributed by atoms with Gasteiger partial charge in [-0.1, -0.05) is 51.5 Å². The van der Waals surface area contributed by atoms with E-state index >= 15 is 0 Å². The van der Waals surface area contributed by atoms with Crippen molar-refractivity contribution in [3.63, 3.8) is 0 Å². The standard InChI is InChI=1S/C36H42N6O3/c1-36(2,3)28-10-8-25(9-11-28)23-42-24-27(21-38-42)34(43)39-29-20-31(35(44)37-22-29)33-19-26-18-30(12-13-32(26)40(33)4)45-17-16-41-14-6-5-7-15-41/h8-13,18-22,24H,5-7,14-17,23H2,1-4H3,(H,37,44)(H,39,43). The van der Waals surface area contributed by atoms with Gasteiger partial charge in [-0.3, -0.25) is 19.2 Å². The fourth-order valence-corrected chi connectivity index (χ4v) is 5.97. The molecule has 234 valence electrons. The molecule has 4 heterocycles. The molecular formula is C36H42N6O3. The summed E-state index contributed by atoms with van der Waals surface area (Å²) in [5, 5.41) is 8.29. The number of piperidine rings is 1. The third-order valence-corrected chi connectivity index (χ3v) is 8.64. The van der Waals surface area contributed by atoms with Crippen LogP contribution in [0.1, 0.15) is 61.5 Å². The smallest absolute Gasteiger partial charge is 0.258 e. The molecule has 45 heavy (non-hydrogen) atoms. The molecule has 0 atom stereocenters. The number of likely N-dealkylation sites (tertiary alicyclic amines) is 1. The van der Waals surface area contributed by atoms with E-state index in [1.165, 1.54) is 31.0 Å². The first-order valence-corrected chi connectivity index (χ1v) is 15.7. The number of nitrogens with zero attached hydrogens (tertiary/aromatic N) is 4. The van der Waals surface area contributed by atoms with Crippen molar-refractivity contribution in [3.8, 4) is 17.0 Å². The highest BCUT2D eigenvalue weighted by Gasteiger charge is 2.16. The highest BCUT2D eigenvalue weighted by Crippen LogP contribution is 2.29. The first kappa shape index (κ1) is 30.4. The van der Waals surface area contributed by atoms with Crippen LogP contribution >= 0.6 is 0 Å². The number of aryl methyl sites for hydroxylation is 1. The summed E-state index contributed by atoms with van der Waals surface area (Å²) in [6, 6.07) is 18.2. The number of nitrogens with one attached hydrogen (secondary N) is 2. The minimum atomic E-state index is -0.300. The quantitative estimate of drug-likeness (QED) is 0.209. The van der Waals surface area contributed by atoms with Gasteiger partial charge in [0.25, 0.3) is 11.5 Å². The van der Waals surface area contributed by atoms with Crippen LogP contribution in [0.3, 0.4) is 0 Å². The van der Waals surface area contributed by atoms with Crippen molar-refractivity contribution >= 4 is 22.5 Å². The van der Waals surface area contributed by atoms with E-state index in [0.717, 1.165) is 47.5 Å². The molecule has 1 fully saturated rings. The second-order valence-corrected chi connectivity index (χ2v) is 13.0. The summed E-state index contributed by atoms with van der Waals surface area (Å²) in [4.78, 5) is 31.3. The van der Waals surface area contributed by atoms with Crippen LogP contribution < -0.4 is 15.6 Å². The highest BCUT2D eigenvalue weighted by atomic mass is 16.5. The molecule has 3 aromatic heterocycles. The number of ether oxygens (including phenoxy) is 1. The number of carbonyl (C=O) groups excluding carboxylic acids is 1. The van der Waals surface area contributed by atoms with E-state index in [0.29, 0.717) is 30.0 Å². The summed E-state index contributed by atoms with van der Waals surface area (Å²) in [5.74, 6) is 0.514. The molecule has 0 unspecified atom stereocenters. The molecule has 1 aliphatic rings. The number of aromatic nitrogens is 4. The van der Waals surface area contributed by atoms with Crippen LogP contribution in [0.25, 0.3) is 22.2 Å². The van der Waals surface area contributed by atoms with Gasteiger partial charge in [-0.2, -0.15) is 5.10 Å². The van der Waals surface area contributed by atoms with E-state index in [2.05, 4.69) is 65.3 Å². The first-order chi connectivity index (χ1) is 21.6. The second-order valence-electron chi connectivity index (χ2n) is 13.0. The molecule has 2 N–H and O–H groups in total. The Morgan fingerprint density at radius 2 is 1.80 bits per heavy atom. The summed E-state index contributed by atoms with van der Waals surface area (Å²) >= 11 is 0. The first-order valence-electron chi connectivity index (χ1n) is 15.7. The van der Waals surface area contributed by atoms with Crippen LogP contribution in [0.2, 0.25) is 0 Å². The Hall–Kier alpha value is -4.63. The van der Waals surface area contributed by atoms with E-state index < -0.39 is 0 Å². The number of fused-ring (bicyclic) bond motifs is 1. The predicted molar refractivity (Wildman–Crippen MR) is 179 cm³/mol. The number of hydrogen-bond donors (Lipinski definition) is 2. The van der Waals surface area contributed by atoms with Gasteiger partial charge in [0.15, 0.2) is 0 Å². The lowest BCUT2D eigenvalue weighted by Gasteiger charge is -2.26. The lowest BCUT2D eigenvalue weighted by Crippen LogP contribution is -2.33. The Morgan fingerprint density at radius 1 is 1.02 bits per heavy atom. The molecular weight excluding hydrogens is 564 g/mol. The number of aromatic amines is 1. The van der Waals surface area contributed by atoms with Gasteiger partial charge in [0.1, 0.15) is 12.4 Å². The Kier molecular flexibility index (Phi) is 8.63. The fraction of sp³-hybridized carbons (Fsp3) is 0.361. The van der Waals surface area contributed by atoms with E-state index in [9.17, 15) is 9.59 Å². The van der Waals surface area contributed by atoms with Crippen molar-refractivity contribution in [1.29, 1.82) is 0 Å². The third kappa shape index (κ3) is 7.04. The highest BCUT2D eigenvalue weighted by molar-refractivity contribution is 6.04. The van der Waals surface area contributed by atoms with Crippen molar-refractivity contribution in [1.82, 2.24) is 24.2 Å². The van der Waals surface area contributed by atoms with Crippen molar-refractivity contribution in [2.45, 2.75) is 52.0 Å². The zero-order chi connectivity index (χ0) is 31.6. The number of pyridine rings is 1. The van der Waals surface area contributed by atoms with Crippen LogP contribution in [0, 0.1) is 0 Å². The van der Waals surface area contributed by atoms with Gasteiger partial charge in [0.05, 0.1) is 35.2 Å². The van der Waals surface area contributed by atoms with E-state index in [4.69, 9.17) is 4.74 Å². The number of rotatable bonds is 9. The lowest BCUT2D eigenvalue weighted by atomic mass is 9.87. The fourth-order valence-electron chi connectivity index (χ4n) is 5.97. The molecule has 6 rings (SSSR count). The molecule has 9 nitrogen and oxygen atoms in total. The maximum Gasteiger partial charge on any atom is 0.258 e. The van der Waals surface area contributed by atoms with Crippen LogP contribution in [-0.2, 0) is 19.0 Å². The maximum absolute atomic E-state index is 13.1. The number of anilines is 1. The van der Waals surface area contributed by atoms with E-state index in [-0.39, 0.29) is 16.9 Å². The summed E-state index contributed by atoms with van der Waals surface area (Å²) in [5.41, 5.74) is 5.37. The summed E-state index contributed by atoms with van der Waals surface area (Å²) in [7, 11) is 1.93. The monoisotopic (exact) mass is 606 g/mol. The minimum absolute atomic E-state index is 0.0927. The zero-order valence-corrected chi connectivity index (χ0v) is 26.6. The number of H-pyrrole nitrogens is 1. The third-order valence-electron chi connectivity index (χ3n) is 8.64. The van der Waals surface area contributed by atoms with Gasteiger partial charge in [-0.25, -0.2) is 0 Å². The molecule has 2 aromatic carbocycles. The molecule has 0 aliphatic carbocycles. The Bertz CT molecular complexity index is 1850.